The molecule has 3 unspecified atom stereocenters. The first-order chi connectivity index (χ1) is 20.0. The van der Waals surface area contributed by atoms with E-state index in [4.69, 9.17) is 0 Å². The van der Waals surface area contributed by atoms with Gasteiger partial charge in [-0.25, -0.2) is 0 Å². The molecule has 0 aliphatic heterocycles. The van der Waals surface area contributed by atoms with Gasteiger partial charge in [0.1, 0.15) is 0 Å². The molecule has 0 nitrogen and oxygen atoms in total. The summed E-state index contributed by atoms with van der Waals surface area (Å²) in [6.45, 7) is 45.4. The lowest BCUT2D eigenvalue weighted by molar-refractivity contribution is 0.338. The molecule has 270 valence electrons. The normalized spacial score (nSPS) is 12.6. The van der Waals surface area contributed by atoms with Gasteiger partial charge < -0.3 is 0 Å². The van der Waals surface area contributed by atoms with Crippen LogP contribution in [0.3, 0.4) is 0 Å². The van der Waals surface area contributed by atoms with Crippen LogP contribution in [-0.2, 0) is 0 Å². The summed E-state index contributed by atoms with van der Waals surface area (Å²) in [5, 5.41) is 0. The van der Waals surface area contributed by atoms with Gasteiger partial charge in [-0.05, 0) is 40.9 Å². The molecule has 43 heavy (non-hydrogen) atoms. The smallest absolute Gasteiger partial charge is 0.0359 e. The van der Waals surface area contributed by atoms with E-state index in [-0.39, 0.29) is 0 Å². The van der Waals surface area contributed by atoms with Crippen LogP contribution in [0, 0.1) is 40.9 Å². The number of hydrogen-bond donors (Lipinski definition) is 0. The van der Waals surface area contributed by atoms with Crippen molar-refractivity contribution in [3.05, 3.63) is 0 Å². The molecule has 0 aromatic heterocycles. The zero-order chi connectivity index (χ0) is 35.3. The summed E-state index contributed by atoms with van der Waals surface area (Å²) in [5.41, 5.74) is 0.583. The Morgan fingerprint density at radius 3 is 0.837 bits per heavy atom. The van der Waals surface area contributed by atoms with E-state index in [1.165, 1.54) is 103 Å². The van der Waals surface area contributed by atoms with Crippen molar-refractivity contribution >= 4 is 0 Å². The Kier molecular flexibility index (Phi) is 56.9. The minimum Gasteiger partial charge on any atom is -0.0654 e. The van der Waals surface area contributed by atoms with Crippen LogP contribution in [0.25, 0.3) is 0 Å². The van der Waals surface area contributed by atoms with Crippen LogP contribution < -0.4 is 0 Å². The molecule has 0 aliphatic carbocycles. The largest absolute Gasteiger partial charge is 0.0654 e. The molecule has 0 aliphatic rings. The van der Waals surface area contributed by atoms with Crippen LogP contribution in [0.1, 0.15) is 241 Å². The van der Waals surface area contributed by atoms with Crippen LogP contribution in [0.15, 0.2) is 0 Å². The molecule has 0 N–H and O–H groups in total. The van der Waals surface area contributed by atoms with Crippen molar-refractivity contribution in [1.82, 2.24) is 0 Å². The highest BCUT2D eigenvalue weighted by atomic mass is 14.2. The van der Waals surface area contributed by atoms with Crippen LogP contribution in [0.5, 0.6) is 0 Å². The fraction of sp³-hybridized carbons (Fsp3) is 1.00. The molecule has 0 radical (unpaired) electrons. The van der Waals surface area contributed by atoms with Gasteiger partial charge in [0, 0.05) is 0 Å². The van der Waals surface area contributed by atoms with E-state index < -0.39 is 0 Å². The molecule has 0 heterocycles. The fourth-order valence-corrected chi connectivity index (χ4v) is 3.59. The predicted molar refractivity (Wildman–Crippen MR) is 211 cm³/mol. The van der Waals surface area contributed by atoms with E-state index >= 15 is 0 Å². The summed E-state index contributed by atoms with van der Waals surface area (Å²) in [6.07, 6.45) is 21.7. The first-order valence-corrected chi connectivity index (χ1v) is 20.0. The van der Waals surface area contributed by atoms with Gasteiger partial charge in [-0.1, -0.05) is 241 Å². The van der Waals surface area contributed by atoms with E-state index in [1.54, 1.807) is 0 Å². The van der Waals surface area contributed by atoms with Crippen molar-refractivity contribution < 1.29 is 0 Å². The van der Waals surface area contributed by atoms with Crippen LogP contribution in [-0.4, -0.2) is 0 Å². The van der Waals surface area contributed by atoms with Gasteiger partial charge in [0.25, 0.3) is 0 Å². The van der Waals surface area contributed by atoms with Crippen LogP contribution in [0.2, 0.25) is 0 Å². The van der Waals surface area contributed by atoms with Crippen molar-refractivity contribution in [2.24, 2.45) is 40.9 Å². The third kappa shape index (κ3) is 61.7. The topological polar surface area (TPSA) is 0 Å². The standard InChI is InChI=1S/2C8H18.3C7H16.C6H14/c1-4-6-7-8(3)5-2;1-4-6-8(3)7-5-2;1-5-7(3,4)6-2;1-5-7(4)6(2)3;1-4-6-7(3)5-2;1-4-6(3)5-2/h2*8H,4-7H2,1-3H3;5-6H2,1-4H3;6-7H,5H2,1-4H3;7H,4-6H2,1-3H3;6H,4-5H2,1-3H3. The lowest BCUT2D eigenvalue weighted by Gasteiger charge is -2.18. The van der Waals surface area contributed by atoms with Gasteiger partial charge in [-0.3, -0.25) is 0 Å². The van der Waals surface area contributed by atoms with Gasteiger partial charge in [0.05, 0.1) is 0 Å². The van der Waals surface area contributed by atoms with E-state index in [0.29, 0.717) is 5.41 Å². The van der Waals surface area contributed by atoms with Crippen molar-refractivity contribution in [2.75, 3.05) is 0 Å². The average Bonchev–Trinajstić information content (AvgIpc) is 3.00. The monoisotopic (exact) mass is 615 g/mol. The second-order valence-electron chi connectivity index (χ2n) is 15.1. The van der Waals surface area contributed by atoms with E-state index in [2.05, 4.69) is 138 Å². The Hall–Kier alpha value is 0. The Morgan fingerprint density at radius 2 is 0.698 bits per heavy atom. The number of rotatable bonds is 17. The van der Waals surface area contributed by atoms with Crippen molar-refractivity contribution in [1.29, 1.82) is 0 Å². The Morgan fingerprint density at radius 1 is 0.372 bits per heavy atom. The Labute approximate surface area is 281 Å². The molecule has 0 aromatic carbocycles. The lowest BCUT2D eigenvalue weighted by atomic mass is 9.88. The highest BCUT2D eigenvalue weighted by Gasteiger charge is 2.09. The first-order valence-electron chi connectivity index (χ1n) is 20.0. The van der Waals surface area contributed by atoms with Gasteiger partial charge in [-0.15, -0.1) is 0 Å². The third-order valence-corrected chi connectivity index (χ3v) is 9.88. The molecule has 0 fully saturated rings. The Bertz CT molecular complexity index is 404. The summed E-state index contributed by atoms with van der Waals surface area (Å²) < 4.78 is 0. The van der Waals surface area contributed by atoms with Gasteiger partial charge in [0.15, 0.2) is 0 Å². The van der Waals surface area contributed by atoms with Crippen molar-refractivity contribution in [3.63, 3.8) is 0 Å². The molecule has 0 rings (SSSR count). The molecule has 0 heteroatoms. The van der Waals surface area contributed by atoms with Gasteiger partial charge >= 0.3 is 0 Å². The maximum Gasteiger partial charge on any atom is -0.0359 e. The second-order valence-corrected chi connectivity index (χ2v) is 15.1. The first kappa shape index (κ1) is 55.4. The quantitative estimate of drug-likeness (QED) is 0.153. The van der Waals surface area contributed by atoms with Crippen molar-refractivity contribution in [3.8, 4) is 0 Å². The second kappa shape index (κ2) is 44.1. The average molecular weight is 615 g/mol. The SMILES string of the molecule is CCC(C)(C)CC.CCC(C)C(C)C.CCC(C)CC.CCCC(C)CC.CCCC(C)CCC.CCCCC(C)CC. The molecule has 0 spiro atoms. The van der Waals surface area contributed by atoms with Crippen LogP contribution >= 0.6 is 0 Å². The highest BCUT2D eigenvalue weighted by molar-refractivity contribution is 4.61. The molecule has 3 atom stereocenters. The lowest BCUT2D eigenvalue weighted by Crippen LogP contribution is -2.05. The molecule has 0 bridgehead atoms. The zero-order valence-corrected chi connectivity index (χ0v) is 35.3. The minimum absolute atomic E-state index is 0.583. The number of unbranched alkanes of at least 4 members (excludes halogenated alkanes) is 1. The highest BCUT2D eigenvalue weighted by Crippen LogP contribution is 2.22. The Balaban J connectivity index is -0.0000000957. The summed E-state index contributed by atoms with van der Waals surface area (Å²) in [4.78, 5) is 0. The number of hydrogen-bond acceptors (Lipinski definition) is 0. The van der Waals surface area contributed by atoms with E-state index in [0.717, 1.165) is 35.5 Å². The van der Waals surface area contributed by atoms with E-state index in [9.17, 15) is 0 Å². The predicted octanol–water partition coefficient (Wildman–Crippen LogP) is 17.2. The summed E-state index contributed by atoms with van der Waals surface area (Å²) >= 11 is 0. The minimum atomic E-state index is 0.583. The molecule has 0 amide bonds. The summed E-state index contributed by atoms with van der Waals surface area (Å²) in [5.74, 6) is 5.57. The zero-order valence-electron chi connectivity index (χ0n) is 35.3. The van der Waals surface area contributed by atoms with Gasteiger partial charge in [0.2, 0.25) is 0 Å². The van der Waals surface area contributed by atoms with Crippen molar-refractivity contribution in [2.45, 2.75) is 241 Å². The summed E-state index contributed by atoms with van der Waals surface area (Å²) in [7, 11) is 0. The summed E-state index contributed by atoms with van der Waals surface area (Å²) in [6, 6.07) is 0. The molecule has 0 aromatic rings. The molecule has 0 saturated carbocycles. The molecular formula is C43H98. The maximum atomic E-state index is 2.34. The van der Waals surface area contributed by atoms with E-state index in [1.807, 2.05) is 0 Å². The molecule has 0 saturated heterocycles. The van der Waals surface area contributed by atoms with Crippen LogP contribution in [0.4, 0.5) is 0 Å². The maximum absolute atomic E-state index is 2.34. The fourth-order valence-electron chi connectivity index (χ4n) is 3.59. The molecular weight excluding hydrogens is 516 g/mol. The van der Waals surface area contributed by atoms with Gasteiger partial charge in [-0.2, -0.15) is 0 Å². The third-order valence-electron chi connectivity index (χ3n) is 9.88.